The van der Waals surface area contributed by atoms with Crippen molar-refractivity contribution in [3.63, 3.8) is 0 Å². The number of methoxy groups -OCH3 is 2. The number of ether oxygens (including phenoxy) is 2. The summed E-state index contributed by atoms with van der Waals surface area (Å²) >= 11 is 0. The summed E-state index contributed by atoms with van der Waals surface area (Å²) in [5, 5.41) is 15.9. The number of aliphatic imine (C=N–C) groups is 1. The standard InChI is InChI=1S/C22H30N6O3.CH2O/c1-5-25-19-10-16(13-23)6-7-18(19)20-12-22(30-4)28(15(2)26-20)9-8-24-14-17-11-21(29-3)27-31-17;1-2/h6-7,10-12,21-22,24-25,27H,5,8-9,14H2,1-4H3;1H2. The summed E-state index contributed by atoms with van der Waals surface area (Å²) in [6.07, 6.45) is 3.46. The smallest absolute Gasteiger partial charge is 0.162 e. The van der Waals surface area contributed by atoms with E-state index in [1.54, 1.807) is 14.2 Å². The first kappa shape index (κ1) is 26.0. The zero-order chi connectivity index (χ0) is 24.2. The molecule has 0 fully saturated rings. The molecule has 2 heterocycles. The van der Waals surface area contributed by atoms with Crippen molar-refractivity contribution in [2.24, 2.45) is 4.99 Å². The van der Waals surface area contributed by atoms with E-state index in [4.69, 9.17) is 24.1 Å². The van der Waals surface area contributed by atoms with E-state index in [2.05, 4.69) is 27.1 Å². The van der Waals surface area contributed by atoms with Crippen LogP contribution in [-0.2, 0) is 19.1 Å². The number of hydroxylamine groups is 1. The number of hydrogen-bond acceptors (Lipinski definition) is 10. The molecule has 2 atom stereocenters. The number of amidine groups is 1. The molecule has 2 aliphatic heterocycles. The van der Waals surface area contributed by atoms with Crippen LogP contribution in [-0.4, -0.2) is 70.4 Å². The number of nitrogens with one attached hydrogen (secondary N) is 3. The fourth-order valence-corrected chi connectivity index (χ4v) is 3.49. The highest BCUT2D eigenvalue weighted by Gasteiger charge is 2.24. The van der Waals surface area contributed by atoms with Gasteiger partial charge in [-0.05, 0) is 38.1 Å². The van der Waals surface area contributed by atoms with Crippen LogP contribution < -0.4 is 16.1 Å². The highest BCUT2D eigenvalue weighted by atomic mass is 16.7. The Kier molecular flexibility index (Phi) is 10.5. The summed E-state index contributed by atoms with van der Waals surface area (Å²) in [5.41, 5.74) is 6.06. The second-order valence-electron chi connectivity index (χ2n) is 7.12. The van der Waals surface area contributed by atoms with Crippen LogP contribution in [0.1, 0.15) is 25.0 Å². The maximum Gasteiger partial charge on any atom is 0.162 e. The monoisotopic (exact) mass is 456 g/mol. The zero-order valence-electron chi connectivity index (χ0n) is 19.6. The van der Waals surface area contributed by atoms with Gasteiger partial charge in [0.05, 0.1) is 23.9 Å². The van der Waals surface area contributed by atoms with E-state index in [-0.39, 0.29) is 12.5 Å². The van der Waals surface area contributed by atoms with E-state index in [0.29, 0.717) is 12.1 Å². The summed E-state index contributed by atoms with van der Waals surface area (Å²) < 4.78 is 10.9. The van der Waals surface area contributed by atoms with Crippen LogP contribution in [0.25, 0.3) is 5.70 Å². The van der Waals surface area contributed by atoms with E-state index in [1.165, 1.54) is 0 Å². The predicted molar refractivity (Wildman–Crippen MR) is 127 cm³/mol. The Morgan fingerprint density at radius 1 is 1.30 bits per heavy atom. The normalized spacial score (nSPS) is 19.4. The Hall–Kier alpha value is -3.23. The third-order valence-electron chi connectivity index (χ3n) is 5.06. The van der Waals surface area contributed by atoms with Gasteiger partial charge in [-0.15, -0.1) is 5.48 Å². The number of hydrogen-bond donors (Lipinski definition) is 3. The van der Waals surface area contributed by atoms with Gasteiger partial charge in [-0.3, -0.25) is 0 Å². The van der Waals surface area contributed by atoms with Crippen molar-refractivity contribution < 1.29 is 19.1 Å². The number of nitrogens with zero attached hydrogens (tertiary/aromatic N) is 3. The summed E-state index contributed by atoms with van der Waals surface area (Å²) in [4.78, 5) is 20.3. The van der Waals surface area contributed by atoms with Crippen molar-refractivity contribution in [1.82, 2.24) is 15.7 Å². The van der Waals surface area contributed by atoms with Crippen molar-refractivity contribution in [3.8, 4) is 6.07 Å². The average Bonchev–Trinajstić information content (AvgIpc) is 3.31. The maximum atomic E-state index is 9.21. The summed E-state index contributed by atoms with van der Waals surface area (Å²) in [6, 6.07) is 7.78. The van der Waals surface area contributed by atoms with Crippen LogP contribution in [0.15, 0.2) is 41.1 Å². The van der Waals surface area contributed by atoms with Crippen molar-refractivity contribution >= 4 is 24.0 Å². The minimum absolute atomic E-state index is 0.205. The SMILES string of the molecule is C=O.CCNc1cc(C#N)ccc1C1=CC(OC)N(CCNCC2=CC(OC)NO2)C(C)=N1. The molecule has 178 valence electrons. The van der Waals surface area contributed by atoms with Crippen LogP contribution in [0, 0.1) is 11.3 Å². The summed E-state index contributed by atoms with van der Waals surface area (Å²) in [5.74, 6) is 1.67. The van der Waals surface area contributed by atoms with E-state index < -0.39 is 0 Å². The van der Waals surface area contributed by atoms with Crippen molar-refractivity contribution in [2.45, 2.75) is 26.3 Å². The Bertz CT molecular complexity index is 924. The Labute approximate surface area is 194 Å². The molecule has 3 N–H and O–H groups in total. The molecule has 0 saturated heterocycles. The Morgan fingerprint density at radius 2 is 2.09 bits per heavy atom. The van der Waals surface area contributed by atoms with Crippen LogP contribution >= 0.6 is 0 Å². The summed E-state index contributed by atoms with van der Waals surface area (Å²) in [7, 11) is 3.31. The molecule has 0 saturated carbocycles. The maximum absolute atomic E-state index is 9.21. The first-order chi connectivity index (χ1) is 16.1. The van der Waals surface area contributed by atoms with Gasteiger partial charge in [0.2, 0.25) is 0 Å². The molecule has 0 aliphatic carbocycles. The number of carbonyl (C=O) groups excluding carboxylic acids is 1. The van der Waals surface area contributed by atoms with Gasteiger partial charge in [-0.2, -0.15) is 5.26 Å². The van der Waals surface area contributed by atoms with Crippen LogP contribution in [0.5, 0.6) is 0 Å². The Morgan fingerprint density at radius 3 is 2.73 bits per heavy atom. The molecule has 3 rings (SSSR count). The fourth-order valence-electron chi connectivity index (χ4n) is 3.49. The molecular weight excluding hydrogens is 424 g/mol. The summed E-state index contributed by atoms with van der Waals surface area (Å²) in [6.45, 7) is 8.81. The molecule has 0 amide bonds. The second-order valence-corrected chi connectivity index (χ2v) is 7.12. The van der Waals surface area contributed by atoms with Gasteiger partial charge < -0.3 is 34.6 Å². The van der Waals surface area contributed by atoms with E-state index >= 15 is 0 Å². The molecule has 10 heteroatoms. The zero-order valence-corrected chi connectivity index (χ0v) is 19.6. The number of benzene rings is 1. The van der Waals surface area contributed by atoms with Crippen molar-refractivity contribution in [1.29, 1.82) is 5.26 Å². The highest BCUT2D eigenvalue weighted by molar-refractivity contribution is 5.91. The van der Waals surface area contributed by atoms with E-state index in [0.717, 1.165) is 48.2 Å². The molecule has 1 aromatic carbocycles. The van der Waals surface area contributed by atoms with Gasteiger partial charge in [0.1, 0.15) is 18.4 Å². The predicted octanol–water partition coefficient (Wildman–Crippen LogP) is 1.83. The lowest BCUT2D eigenvalue weighted by atomic mass is 10.0. The van der Waals surface area contributed by atoms with Gasteiger partial charge in [-0.1, -0.05) is 0 Å². The van der Waals surface area contributed by atoms with Crippen molar-refractivity contribution in [3.05, 3.63) is 47.2 Å². The third kappa shape index (κ3) is 6.87. The van der Waals surface area contributed by atoms with Gasteiger partial charge >= 0.3 is 0 Å². The quantitative estimate of drug-likeness (QED) is 0.453. The molecule has 10 nitrogen and oxygen atoms in total. The molecule has 0 spiro atoms. The minimum Gasteiger partial charge on any atom is -0.409 e. The molecule has 2 aliphatic rings. The lowest BCUT2D eigenvalue weighted by Crippen LogP contribution is -2.44. The molecule has 0 bridgehead atoms. The number of rotatable bonds is 10. The molecular formula is C23H32N6O4. The van der Waals surface area contributed by atoms with E-state index in [9.17, 15) is 5.26 Å². The van der Waals surface area contributed by atoms with Crippen LogP contribution in [0.4, 0.5) is 5.69 Å². The van der Waals surface area contributed by atoms with Gasteiger partial charge in [0.15, 0.2) is 12.5 Å². The number of carbonyl (C=O) groups is 1. The lowest BCUT2D eigenvalue weighted by molar-refractivity contribution is -0.0980. The number of anilines is 1. The largest absolute Gasteiger partial charge is 0.409 e. The lowest BCUT2D eigenvalue weighted by Gasteiger charge is -2.34. The van der Waals surface area contributed by atoms with Gasteiger partial charge in [0.25, 0.3) is 0 Å². The van der Waals surface area contributed by atoms with Gasteiger partial charge in [-0.25, -0.2) is 4.99 Å². The number of nitriles is 1. The van der Waals surface area contributed by atoms with E-state index in [1.807, 2.05) is 51.0 Å². The third-order valence-corrected chi connectivity index (χ3v) is 5.06. The molecule has 33 heavy (non-hydrogen) atoms. The second kappa shape index (κ2) is 13.3. The van der Waals surface area contributed by atoms with Gasteiger partial charge in [0, 0.05) is 51.2 Å². The van der Waals surface area contributed by atoms with Crippen molar-refractivity contribution in [2.75, 3.05) is 45.7 Å². The minimum atomic E-state index is -0.235. The molecule has 1 aromatic rings. The Balaban J connectivity index is 0.00000187. The fraction of sp³-hybridized carbons (Fsp3) is 0.435. The molecule has 0 radical (unpaired) electrons. The molecule has 2 unspecified atom stereocenters. The first-order valence-electron chi connectivity index (χ1n) is 10.6. The first-order valence-corrected chi connectivity index (χ1v) is 10.6. The van der Waals surface area contributed by atoms with Crippen LogP contribution in [0.2, 0.25) is 0 Å². The highest BCUT2D eigenvalue weighted by Crippen LogP contribution is 2.30. The topological polar surface area (TPSA) is 120 Å². The average molecular weight is 457 g/mol. The molecule has 0 aromatic heterocycles. The van der Waals surface area contributed by atoms with Crippen LogP contribution in [0.3, 0.4) is 0 Å².